The summed E-state index contributed by atoms with van der Waals surface area (Å²) < 4.78 is 0. The van der Waals surface area contributed by atoms with E-state index in [4.69, 9.17) is 17.3 Å². The summed E-state index contributed by atoms with van der Waals surface area (Å²) in [7, 11) is 0. The zero-order chi connectivity index (χ0) is 11.7. The van der Waals surface area contributed by atoms with Gasteiger partial charge in [-0.05, 0) is 24.7 Å². The van der Waals surface area contributed by atoms with Crippen molar-refractivity contribution in [2.45, 2.75) is 32.7 Å². The zero-order valence-corrected chi connectivity index (χ0v) is 10.3. The van der Waals surface area contributed by atoms with E-state index in [1.165, 1.54) is 12.7 Å². The first-order chi connectivity index (χ1) is 7.59. The first-order valence-electron chi connectivity index (χ1n) is 5.62. The predicted octanol–water partition coefficient (Wildman–Crippen LogP) is 2.56. The molecule has 1 aromatic rings. The van der Waals surface area contributed by atoms with Crippen LogP contribution in [0.5, 0.6) is 0 Å². The lowest BCUT2D eigenvalue weighted by Crippen LogP contribution is -2.25. The van der Waals surface area contributed by atoms with Crippen molar-refractivity contribution < 1.29 is 0 Å². The Labute approximate surface area is 101 Å². The molecule has 5 heteroatoms. The molecular weight excluding hydrogens is 224 g/mol. The summed E-state index contributed by atoms with van der Waals surface area (Å²) in [5.41, 5.74) is 6.26. The van der Waals surface area contributed by atoms with Gasteiger partial charge in [-0.2, -0.15) is 0 Å². The number of nitrogens with one attached hydrogen (secondary N) is 1. The van der Waals surface area contributed by atoms with Gasteiger partial charge in [0, 0.05) is 6.04 Å². The SMILES string of the molecule is CC1CCC(Nc2ncnc(Cl)c2N)C1C. The van der Waals surface area contributed by atoms with Crippen molar-refractivity contribution in [3.05, 3.63) is 11.5 Å². The molecule has 3 atom stereocenters. The monoisotopic (exact) mass is 240 g/mol. The van der Waals surface area contributed by atoms with Crippen molar-refractivity contribution in [3.8, 4) is 0 Å². The Morgan fingerprint density at radius 3 is 2.75 bits per heavy atom. The van der Waals surface area contributed by atoms with Gasteiger partial charge in [-0.3, -0.25) is 0 Å². The topological polar surface area (TPSA) is 63.8 Å². The molecule has 0 aromatic carbocycles. The van der Waals surface area contributed by atoms with Gasteiger partial charge in [-0.1, -0.05) is 25.4 Å². The van der Waals surface area contributed by atoms with Crippen molar-refractivity contribution in [3.63, 3.8) is 0 Å². The highest BCUT2D eigenvalue weighted by atomic mass is 35.5. The molecule has 2 rings (SSSR count). The van der Waals surface area contributed by atoms with E-state index < -0.39 is 0 Å². The van der Waals surface area contributed by atoms with E-state index in [-0.39, 0.29) is 0 Å². The second-order valence-corrected chi connectivity index (χ2v) is 4.95. The molecule has 1 saturated carbocycles. The molecule has 3 N–H and O–H groups in total. The van der Waals surface area contributed by atoms with Gasteiger partial charge in [0.1, 0.15) is 12.0 Å². The highest BCUT2D eigenvalue weighted by molar-refractivity contribution is 6.32. The Hall–Kier alpha value is -1.03. The van der Waals surface area contributed by atoms with Crippen molar-refractivity contribution >= 4 is 23.1 Å². The molecule has 88 valence electrons. The second-order valence-electron chi connectivity index (χ2n) is 4.59. The number of nitrogen functional groups attached to an aromatic ring is 1. The van der Waals surface area contributed by atoms with E-state index in [2.05, 4.69) is 29.1 Å². The Morgan fingerprint density at radius 2 is 2.12 bits per heavy atom. The van der Waals surface area contributed by atoms with Crippen LogP contribution in [0.4, 0.5) is 11.5 Å². The van der Waals surface area contributed by atoms with Gasteiger partial charge in [0.15, 0.2) is 11.0 Å². The third-order valence-electron chi connectivity index (χ3n) is 3.62. The van der Waals surface area contributed by atoms with Gasteiger partial charge in [0.25, 0.3) is 0 Å². The van der Waals surface area contributed by atoms with Crippen molar-refractivity contribution in [1.29, 1.82) is 0 Å². The highest BCUT2D eigenvalue weighted by Crippen LogP contribution is 2.34. The van der Waals surface area contributed by atoms with Crippen LogP contribution in [-0.4, -0.2) is 16.0 Å². The van der Waals surface area contributed by atoms with Crippen LogP contribution in [0.2, 0.25) is 5.15 Å². The number of rotatable bonds is 2. The average molecular weight is 241 g/mol. The van der Waals surface area contributed by atoms with Crippen LogP contribution in [0.25, 0.3) is 0 Å². The molecule has 0 amide bonds. The largest absolute Gasteiger partial charge is 0.393 e. The molecule has 3 unspecified atom stereocenters. The molecule has 0 spiro atoms. The van der Waals surface area contributed by atoms with E-state index in [1.54, 1.807) is 0 Å². The molecule has 0 radical (unpaired) electrons. The molecule has 0 saturated heterocycles. The van der Waals surface area contributed by atoms with Gasteiger partial charge in [0.2, 0.25) is 0 Å². The van der Waals surface area contributed by atoms with E-state index in [9.17, 15) is 0 Å². The summed E-state index contributed by atoms with van der Waals surface area (Å²) in [6.45, 7) is 4.54. The molecular formula is C11H17ClN4. The summed E-state index contributed by atoms with van der Waals surface area (Å²) in [6.07, 6.45) is 3.84. The third kappa shape index (κ3) is 2.07. The molecule has 1 heterocycles. The van der Waals surface area contributed by atoms with Crippen LogP contribution >= 0.6 is 11.6 Å². The fraction of sp³-hybridized carbons (Fsp3) is 0.636. The summed E-state index contributed by atoms with van der Waals surface area (Å²) >= 11 is 5.85. The number of halogens is 1. The van der Waals surface area contributed by atoms with Crippen molar-refractivity contribution in [1.82, 2.24) is 9.97 Å². The van der Waals surface area contributed by atoms with Crippen molar-refractivity contribution in [2.24, 2.45) is 11.8 Å². The number of nitrogens with two attached hydrogens (primary N) is 1. The second kappa shape index (κ2) is 4.45. The molecule has 1 aliphatic carbocycles. The summed E-state index contributed by atoms with van der Waals surface area (Å²) in [4.78, 5) is 7.97. The minimum atomic E-state index is 0.316. The summed E-state index contributed by atoms with van der Waals surface area (Å²) in [5, 5.41) is 3.69. The van der Waals surface area contributed by atoms with E-state index in [0.29, 0.717) is 28.6 Å². The van der Waals surface area contributed by atoms with Crippen LogP contribution < -0.4 is 11.1 Å². The molecule has 0 bridgehead atoms. The maximum absolute atomic E-state index is 5.85. The zero-order valence-electron chi connectivity index (χ0n) is 9.57. The maximum Gasteiger partial charge on any atom is 0.157 e. The average Bonchev–Trinajstić information content (AvgIpc) is 2.57. The fourth-order valence-electron chi connectivity index (χ4n) is 2.23. The van der Waals surface area contributed by atoms with E-state index in [0.717, 1.165) is 12.3 Å². The maximum atomic E-state index is 5.85. The molecule has 1 fully saturated rings. The standard InChI is InChI=1S/C11H17ClN4/c1-6-3-4-8(7(6)2)16-11-9(13)10(12)14-5-15-11/h5-8H,3-4,13H2,1-2H3,(H,14,15,16). The summed E-state index contributed by atoms with van der Waals surface area (Å²) in [5.74, 6) is 2.04. The van der Waals surface area contributed by atoms with Gasteiger partial charge in [0.05, 0.1) is 0 Å². The molecule has 0 aliphatic heterocycles. The van der Waals surface area contributed by atoms with Gasteiger partial charge >= 0.3 is 0 Å². The lowest BCUT2D eigenvalue weighted by molar-refractivity contribution is 0.435. The van der Waals surface area contributed by atoms with Crippen LogP contribution in [0.15, 0.2) is 6.33 Å². The Morgan fingerprint density at radius 1 is 1.38 bits per heavy atom. The molecule has 1 aliphatic rings. The van der Waals surface area contributed by atoms with Crippen LogP contribution in [0, 0.1) is 11.8 Å². The lowest BCUT2D eigenvalue weighted by Gasteiger charge is -2.20. The normalized spacial score (nSPS) is 29.3. The quantitative estimate of drug-likeness (QED) is 0.780. The van der Waals surface area contributed by atoms with Crippen LogP contribution in [0.1, 0.15) is 26.7 Å². The Kier molecular flexibility index (Phi) is 3.19. The van der Waals surface area contributed by atoms with Gasteiger partial charge in [-0.15, -0.1) is 0 Å². The number of nitrogens with zero attached hydrogens (tertiary/aromatic N) is 2. The smallest absolute Gasteiger partial charge is 0.157 e. The first kappa shape index (κ1) is 11.5. The minimum Gasteiger partial charge on any atom is -0.393 e. The minimum absolute atomic E-state index is 0.316. The van der Waals surface area contributed by atoms with E-state index in [1.807, 2.05) is 0 Å². The number of anilines is 2. The van der Waals surface area contributed by atoms with Crippen molar-refractivity contribution in [2.75, 3.05) is 11.1 Å². The molecule has 16 heavy (non-hydrogen) atoms. The van der Waals surface area contributed by atoms with Gasteiger partial charge in [-0.25, -0.2) is 9.97 Å². The first-order valence-corrected chi connectivity index (χ1v) is 6.00. The van der Waals surface area contributed by atoms with Gasteiger partial charge < -0.3 is 11.1 Å². The lowest BCUT2D eigenvalue weighted by atomic mass is 9.98. The third-order valence-corrected chi connectivity index (χ3v) is 3.92. The fourth-order valence-corrected chi connectivity index (χ4v) is 2.37. The number of aromatic nitrogens is 2. The summed E-state index contributed by atoms with van der Waals surface area (Å²) in [6, 6.07) is 0.434. The van der Waals surface area contributed by atoms with Crippen LogP contribution in [-0.2, 0) is 0 Å². The highest BCUT2D eigenvalue weighted by Gasteiger charge is 2.30. The van der Waals surface area contributed by atoms with Crippen LogP contribution in [0.3, 0.4) is 0 Å². The number of hydrogen-bond acceptors (Lipinski definition) is 4. The Balaban J connectivity index is 2.12. The van der Waals surface area contributed by atoms with E-state index >= 15 is 0 Å². The molecule has 4 nitrogen and oxygen atoms in total. The Bertz CT molecular complexity index is 382. The molecule has 1 aromatic heterocycles. The predicted molar refractivity (Wildman–Crippen MR) is 66.4 cm³/mol. The number of hydrogen-bond donors (Lipinski definition) is 2.